The Morgan fingerprint density at radius 3 is 2.31 bits per heavy atom. The molecular weight excluding hydrogens is 352 g/mol. The lowest BCUT2D eigenvalue weighted by Crippen LogP contribution is -2.25. The van der Waals surface area contributed by atoms with Crippen LogP contribution in [0.1, 0.15) is 36.8 Å². The van der Waals surface area contributed by atoms with Crippen molar-refractivity contribution >= 4 is 29.2 Å². The maximum atomic E-state index is 5.88. The van der Waals surface area contributed by atoms with Gasteiger partial charge in [0.25, 0.3) is 0 Å². The summed E-state index contributed by atoms with van der Waals surface area (Å²) in [4.78, 5) is 4.45. The van der Waals surface area contributed by atoms with Crippen LogP contribution in [0.25, 0.3) is 11.1 Å². The zero-order valence-electron chi connectivity index (χ0n) is 14.6. The first-order chi connectivity index (χ1) is 12.2. The normalized spacial score (nSPS) is 21.3. The molecule has 6 heteroatoms. The van der Waals surface area contributed by atoms with Crippen LogP contribution in [-0.2, 0) is 9.47 Å². The Balaban J connectivity index is 0.000000234. The number of oxazole rings is 1. The van der Waals surface area contributed by atoms with Gasteiger partial charge in [0.1, 0.15) is 5.52 Å². The number of para-hydroxylation sites is 1. The van der Waals surface area contributed by atoms with Crippen molar-refractivity contribution in [2.75, 3.05) is 12.8 Å². The molecule has 3 aromatic rings. The molecule has 3 unspecified atom stereocenters. The van der Waals surface area contributed by atoms with E-state index in [-0.39, 0.29) is 18.5 Å². The van der Waals surface area contributed by atoms with Crippen LogP contribution in [0.2, 0.25) is 0 Å². The second kappa shape index (κ2) is 8.08. The molecule has 1 aliphatic carbocycles. The SMILES string of the molecule is C1CC2CC1O2.COC(c1ccccc1)c1nc2cccc(N)c2o1.Cl. The first-order valence-electron chi connectivity index (χ1n) is 8.62. The number of rotatable bonds is 3. The predicted molar refractivity (Wildman–Crippen MR) is 103 cm³/mol. The minimum absolute atomic E-state index is 0. The molecule has 26 heavy (non-hydrogen) atoms. The van der Waals surface area contributed by atoms with Gasteiger partial charge >= 0.3 is 0 Å². The van der Waals surface area contributed by atoms with Gasteiger partial charge in [-0.05, 0) is 37.0 Å². The lowest BCUT2D eigenvalue weighted by atomic mass is 10.1. The molecule has 2 bridgehead atoms. The second-order valence-corrected chi connectivity index (χ2v) is 6.47. The molecule has 2 N–H and O–H groups in total. The van der Waals surface area contributed by atoms with Crippen molar-refractivity contribution < 1.29 is 13.9 Å². The number of aromatic nitrogens is 1. The number of benzene rings is 2. The monoisotopic (exact) mass is 374 g/mol. The number of ether oxygens (including phenoxy) is 2. The van der Waals surface area contributed by atoms with Gasteiger partial charge in [0.05, 0.1) is 17.9 Å². The third-order valence-corrected chi connectivity index (χ3v) is 4.75. The topological polar surface area (TPSA) is 70.5 Å². The van der Waals surface area contributed by atoms with E-state index in [1.54, 1.807) is 13.2 Å². The molecule has 3 fully saturated rings. The summed E-state index contributed by atoms with van der Waals surface area (Å²) in [5.74, 6) is 0.515. The number of hydrogen-bond donors (Lipinski definition) is 1. The molecule has 3 aliphatic rings. The van der Waals surface area contributed by atoms with Crippen molar-refractivity contribution in [3.05, 3.63) is 60.0 Å². The van der Waals surface area contributed by atoms with E-state index < -0.39 is 0 Å². The average molecular weight is 375 g/mol. The van der Waals surface area contributed by atoms with Crippen molar-refractivity contribution in [2.24, 2.45) is 0 Å². The molecule has 6 rings (SSSR count). The van der Waals surface area contributed by atoms with Crippen molar-refractivity contribution in [3.8, 4) is 0 Å². The van der Waals surface area contributed by atoms with Crippen LogP contribution >= 0.6 is 12.4 Å². The molecule has 0 radical (unpaired) electrons. The van der Waals surface area contributed by atoms with E-state index in [9.17, 15) is 0 Å². The summed E-state index contributed by atoms with van der Waals surface area (Å²) < 4.78 is 16.5. The Morgan fingerprint density at radius 1 is 1.08 bits per heavy atom. The molecule has 3 heterocycles. The predicted octanol–water partition coefficient (Wildman–Crippen LogP) is 4.51. The lowest BCUT2D eigenvalue weighted by molar-refractivity contribution is -0.0647. The molecule has 0 amide bonds. The van der Waals surface area contributed by atoms with Gasteiger partial charge in [-0.2, -0.15) is 0 Å². The molecule has 138 valence electrons. The first-order valence-corrected chi connectivity index (χ1v) is 8.62. The molecule has 2 aliphatic heterocycles. The smallest absolute Gasteiger partial charge is 0.229 e. The van der Waals surface area contributed by atoms with Gasteiger partial charge in [0, 0.05) is 7.11 Å². The number of halogens is 1. The van der Waals surface area contributed by atoms with Crippen LogP contribution in [0.3, 0.4) is 0 Å². The van der Waals surface area contributed by atoms with Crippen molar-refractivity contribution in [3.63, 3.8) is 0 Å². The lowest BCUT2D eigenvalue weighted by Gasteiger charge is -2.23. The Kier molecular flexibility index (Phi) is 5.81. The molecule has 1 aromatic heterocycles. The summed E-state index contributed by atoms with van der Waals surface area (Å²) in [6.45, 7) is 0. The maximum Gasteiger partial charge on any atom is 0.229 e. The number of nitrogens with two attached hydrogens (primary N) is 1. The number of methoxy groups -OCH3 is 1. The van der Waals surface area contributed by atoms with Crippen LogP contribution in [0.15, 0.2) is 52.9 Å². The zero-order chi connectivity index (χ0) is 17.2. The fourth-order valence-corrected chi connectivity index (χ4v) is 3.40. The van der Waals surface area contributed by atoms with E-state index in [0.717, 1.165) is 11.1 Å². The number of anilines is 1. The molecular formula is C20H23ClN2O3. The van der Waals surface area contributed by atoms with Crippen molar-refractivity contribution in [2.45, 2.75) is 37.6 Å². The van der Waals surface area contributed by atoms with Crippen LogP contribution in [0.4, 0.5) is 5.69 Å². The van der Waals surface area contributed by atoms with Gasteiger partial charge < -0.3 is 19.6 Å². The summed E-state index contributed by atoms with van der Waals surface area (Å²) in [5.41, 5.74) is 8.80. The van der Waals surface area contributed by atoms with E-state index >= 15 is 0 Å². The minimum Gasteiger partial charge on any atom is -0.435 e. The van der Waals surface area contributed by atoms with E-state index in [4.69, 9.17) is 19.6 Å². The van der Waals surface area contributed by atoms with Gasteiger partial charge in [-0.1, -0.05) is 36.4 Å². The Hall–Kier alpha value is -2.08. The summed E-state index contributed by atoms with van der Waals surface area (Å²) in [6.07, 6.45) is 5.09. The third kappa shape index (κ3) is 3.70. The molecule has 2 aromatic carbocycles. The third-order valence-electron chi connectivity index (χ3n) is 4.75. The fourth-order valence-electron chi connectivity index (χ4n) is 3.40. The first kappa shape index (κ1) is 18.7. The summed E-state index contributed by atoms with van der Waals surface area (Å²) in [6, 6.07) is 15.3. The van der Waals surface area contributed by atoms with Gasteiger partial charge in [-0.15, -0.1) is 12.4 Å². The van der Waals surface area contributed by atoms with E-state index in [2.05, 4.69) is 4.98 Å². The molecule has 2 saturated heterocycles. The highest BCUT2D eigenvalue weighted by Gasteiger charge is 2.36. The molecule has 3 atom stereocenters. The van der Waals surface area contributed by atoms with E-state index in [0.29, 0.717) is 29.4 Å². The van der Waals surface area contributed by atoms with E-state index in [1.807, 2.05) is 42.5 Å². The van der Waals surface area contributed by atoms with E-state index in [1.165, 1.54) is 19.3 Å². The number of hydrogen-bond acceptors (Lipinski definition) is 5. The Bertz CT molecular complexity index is 833. The van der Waals surface area contributed by atoms with Crippen LogP contribution < -0.4 is 5.73 Å². The summed E-state index contributed by atoms with van der Waals surface area (Å²) >= 11 is 0. The summed E-state index contributed by atoms with van der Waals surface area (Å²) in [7, 11) is 1.63. The highest BCUT2D eigenvalue weighted by atomic mass is 35.5. The largest absolute Gasteiger partial charge is 0.435 e. The van der Waals surface area contributed by atoms with Crippen LogP contribution in [0, 0.1) is 0 Å². The van der Waals surface area contributed by atoms with Gasteiger partial charge in [-0.25, -0.2) is 4.98 Å². The highest BCUT2D eigenvalue weighted by Crippen LogP contribution is 2.36. The number of nitrogens with zero attached hydrogens (tertiary/aromatic N) is 1. The van der Waals surface area contributed by atoms with Crippen molar-refractivity contribution in [1.82, 2.24) is 4.98 Å². The van der Waals surface area contributed by atoms with Gasteiger partial charge in [-0.3, -0.25) is 0 Å². The van der Waals surface area contributed by atoms with Crippen LogP contribution in [-0.4, -0.2) is 24.3 Å². The summed E-state index contributed by atoms with van der Waals surface area (Å²) in [5, 5.41) is 0. The van der Waals surface area contributed by atoms with Crippen molar-refractivity contribution in [1.29, 1.82) is 0 Å². The zero-order valence-corrected chi connectivity index (χ0v) is 15.4. The molecule has 1 saturated carbocycles. The quantitative estimate of drug-likeness (QED) is 0.683. The highest BCUT2D eigenvalue weighted by molar-refractivity contribution is 5.85. The molecule has 5 nitrogen and oxygen atoms in total. The van der Waals surface area contributed by atoms with Gasteiger partial charge in [0.2, 0.25) is 5.89 Å². The maximum absolute atomic E-state index is 5.88. The molecule has 0 spiro atoms. The number of nitrogen functional groups attached to an aromatic ring is 1. The standard InChI is InChI=1S/C15H14N2O2.C5H8O.ClH/c1-18-13(10-6-3-2-4-7-10)15-17-12-9-5-8-11(16)14(12)19-15;1-2-5-3-4(1)6-5;/h2-9,13H,16H2,1H3;4-5H,1-3H2;1H. The Labute approximate surface area is 158 Å². The number of fused-ring (bicyclic) bond motifs is 2. The average Bonchev–Trinajstić information content (AvgIpc) is 3.33. The second-order valence-electron chi connectivity index (χ2n) is 6.47. The Morgan fingerprint density at radius 2 is 1.77 bits per heavy atom. The fraction of sp³-hybridized carbons (Fsp3) is 0.350. The van der Waals surface area contributed by atoms with Gasteiger partial charge in [0.15, 0.2) is 11.7 Å². The minimum atomic E-state index is -0.326. The van der Waals surface area contributed by atoms with Crippen LogP contribution in [0.5, 0.6) is 0 Å².